The third-order valence-corrected chi connectivity index (χ3v) is 2.73. The van der Waals surface area contributed by atoms with E-state index in [2.05, 4.69) is 0 Å². The Morgan fingerprint density at radius 2 is 2.00 bits per heavy atom. The highest BCUT2D eigenvalue weighted by molar-refractivity contribution is 7.23. The van der Waals surface area contributed by atoms with Crippen molar-refractivity contribution in [3.05, 3.63) is 24.0 Å². The molecular formula is C8H7FN2S. The molecule has 4 N–H and O–H groups in total. The molecule has 1 aromatic heterocycles. The summed E-state index contributed by atoms with van der Waals surface area (Å²) in [6.07, 6.45) is 0. The molecular weight excluding hydrogens is 175 g/mol. The molecule has 12 heavy (non-hydrogen) atoms. The van der Waals surface area contributed by atoms with Crippen LogP contribution in [0.4, 0.5) is 15.1 Å². The predicted molar refractivity (Wildman–Crippen MR) is 50.6 cm³/mol. The standard InChI is InChI=1S/C8H7FN2S/c9-4-1-2-6-5(3-4)7(10)8(11)12-6/h1-3H,10-11H2. The largest absolute Gasteiger partial charge is 0.396 e. The van der Waals surface area contributed by atoms with Crippen molar-refractivity contribution in [3.63, 3.8) is 0 Å². The van der Waals surface area contributed by atoms with Crippen molar-refractivity contribution >= 4 is 32.1 Å². The molecule has 0 saturated carbocycles. The maximum Gasteiger partial charge on any atom is 0.123 e. The minimum Gasteiger partial charge on any atom is -0.396 e. The minimum absolute atomic E-state index is 0.285. The van der Waals surface area contributed by atoms with Gasteiger partial charge >= 0.3 is 0 Å². The Kier molecular flexibility index (Phi) is 1.44. The number of hydrogen-bond acceptors (Lipinski definition) is 3. The molecule has 0 fully saturated rings. The van der Waals surface area contributed by atoms with E-state index in [1.165, 1.54) is 23.5 Å². The Morgan fingerprint density at radius 3 is 2.75 bits per heavy atom. The van der Waals surface area contributed by atoms with E-state index in [-0.39, 0.29) is 5.82 Å². The highest BCUT2D eigenvalue weighted by Gasteiger charge is 2.06. The lowest BCUT2D eigenvalue weighted by molar-refractivity contribution is 0.630. The first-order chi connectivity index (χ1) is 5.68. The molecule has 0 radical (unpaired) electrons. The number of anilines is 2. The molecule has 0 unspecified atom stereocenters. The van der Waals surface area contributed by atoms with Gasteiger partial charge < -0.3 is 11.5 Å². The number of hydrogen-bond donors (Lipinski definition) is 2. The molecule has 0 aliphatic carbocycles. The fraction of sp³-hybridized carbons (Fsp3) is 0. The second-order valence-electron chi connectivity index (χ2n) is 2.52. The van der Waals surface area contributed by atoms with Gasteiger partial charge in [-0.15, -0.1) is 11.3 Å². The van der Waals surface area contributed by atoms with Gasteiger partial charge in [0, 0.05) is 10.1 Å². The van der Waals surface area contributed by atoms with Crippen LogP contribution in [0.1, 0.15) is 0 Å². The Morgan fingerprint density at radius 1 is 1.25 bits per heavy atom. The summed E-state index contributed by atoms with van der Waals surface area (Å²) in [5.74, 6) is -0.285. The van der Waals surface area contributed by atoms with Gasteiger partial charge in [-0.1, -0.05) is 0 Å². The molecule has 0 amide bonds. The van der Waals surface area contributed by atoms with Crippen molar-refractivity contribution in [2.45, 2.75) is 0 Å². The van der Waals surface area contributed by atoms with E-state index in [0.717, 1.165) is 4.70 Å². The van der Waals surface area contributed by atoms with Crippen LogP contribution < -0.4 is 11.5 Å². The lowest BCUT2D eigenvalue weighted by atomic mass is 10.2. The van der Waals surface area contributed by atoms with Crippen LogP contribution in [0, 0.1) is 5.82 Å². The third-order valence-electron chi connectivity index (χ3n) is 1.72. The molecule has 1 aromatic carbocycles. The van der Waals surface area contributed by atoms with Crippen LogP contribution >= 0.6 is 11.3 Å². The molecule has 1 heterocycles. The predicted octanol–water partition coefficient (Wildman–Crippen LogP) is 2.20. The number of rotatable bonds is 0. The molecule has 0 aliphatic rings. The molecule has 62 valence electrons. The molecule has 0 saturated heterocycles. The van der Waals surface area contributed by atoms with Gasteiger partial charge in [0.15, 0.2) is 0 Å². The van der Waals surface area contributed by atoms with E-state index in [9.17, 15) is 4.39 Å². The summed E-state index contributed by atoms with van der Waals surface area (Å²) >= 11 is 1.37. The first-order valence-electron chi connectivity index (χ1n) is 3.41. The second-order valence-corrected chi connectivity index (χ2v) is 3.60. The van der Waals surface area contributed by atoms with Crippen molar-refractivity contribution < 1.29 is 4.39 Å². The lowest BCUT2D eigenvalue weighted by Gasteiger charge is -1.91. The number of fused-ring (bicyclic) bond motifs is 1. The van der Waals surface area contributed by atoms with Gasteiger partial charge in [0.1, 0.15) is 10.8 Å². The summed E-state index contributed by atoms with van der Waals surface area (Å²) in [6, 6.07) is 4.48. The minimum atomic E-state index is -0.285. The first-order valence-corrected chi connectivity index (χ1v) is 4.23. The Bertz CT molecular complexity index is 436. The highest BCUT2D eigenvalue weighted by Crippen LogP contribution is 2.35. The normalized spacial score (nSPS) is 10.8. The van der Waals surface area contributed by atoms with Gasteiger partial charge in [-0.25, -0.2) is 4.39 Å². The molecule has 2 nitrogen and oxygen atoms in total. The number of thiophene rings is 1. The fourth-order valence-corrected chi connectivity index (χ4v) is 1.98. The Labute approximate surface area is 72.6 Å². The van der Waals surface area contributed by atoms with E-state index >= 15 is 0 Å². The molecule has 4 heteroatoms. The van der Waals surface area contributed by atoms with Crippen LogP contribution in [0.15, 0.2) is 18.2 Å². The Hall–Kier alpha value is -1.29. The monoisotopic (exact) mass is 182 g/mol. The molecule has 0 aliphatic heterocycles. The summed E-state index contributed by atoms with van der Waals surface area (Å²) in [7, 11) is 0. The van der Waals surface area contributed by atoms with Gasteiger partial charge in [0.2, 0.25) is 0 Å². The smallest absolute Gasteiger partial charge is 0.123 e. The van der Waals surface area contributed by atoms with E-state index in [0.29, 0.717) is 16.1 Å². The molecule has 2 rings (SSSR count). The average Bonchev–Trinajstić information content (AvgIpc) is 2.31. The summed E-state index contributed by atoms with van der Waals surface area (Å²) in [5, 5.41) is 1.26. The maximum atomic E-state index is 12.7. The van der Waals surface area contributed by atoms with Gasteiger partial charge in [0.05, 0.1) is 5.69 Å². The molecule has 0 spiro atoms. The van der Waals surface area contributed by atoms with Crippen molar-refractivity contribution in [1.29, 1.82) is 0 Å². The maximum absolute atomic E-state index is 12.7. The zero-order valence-corrected chi connectivity index (χ0v) is 6.99. The number of nitrogen functional groups attached to an aromatic ring is 2. The van der Waals surface area contributed by atoms with E-state index < -0.39 is 0 Å². The van der Waals surface area contributed by atoms with E-state index in [1.807, 2.05) is 0 Å². The van der Waals surface area contributed by atoms with Crippen LogP contribution in [-0.4, -0.2) is 0 Å². The lowest BCUT2D eigenvalue weighted by Crippen LogP contribution is -1.88. The van der Waals surface area contributed by atoms with Gasteiger partial charge in [-0.3, -0.25) is 0 Å². The summed E-state index contributed by atoms with van der Waals surface area (Å²) in [4.78, 5) is 0. The van der Waals surface area contributed by atoms with Gasteiger partial charge in [-0.2, -0.15) is 0 Å². The zero-order chi connectivity index (χ0) is 8.72. The van der Waals surface area contributed by atoms with Crippen LogP contribution in [0.5, 0.6) is 0 Å². The first kappa shape index (κ1) is 7.36. The van der Waals surface area contributed by atoms with E-state index in [1.54, 1.807) is 6.07 Å². The average molecular weight is 182 g/mol. The van der Waals surface area contributed by atoms with Crippen LogP contribution in [-0.2, 0) is 0 Å². The van der Waals surface area contributed by atoms with Gasteiger partial charge in [0.25, 0.3) is 0 Å². The van der Waals surface area contributed by atoms with Crippen LogP contribution in [0.25, 0.3) is 10.1 Å². The quantitative estimate of drug-likeness (QED) is 0.656. The van der Waals surface area contributed by atoms with Crippen molar-refractivity contribution in [1.82, 2.24) is 0 Å². The number of nitrogens with two attached hydrogens (primary N) is 2. The number of halogens is 1. The van der Waals surface area contributed by atoms with E-state index in [4.69, 9.17) is 11.5 Å². The molecule has 0 atom stereocenters. The van der Waals surface area contributed by atoms with Crippen LogP contribution in [0.2, 0.25) is 0 Å². The fourth-order valence-electron chi connectivity index (χ4n) is 1.11. The van der Waals surface area contributed by atoms with Gasteiger partial charge in [-0.05, 0) is 18.2 Å². The van der Waals surface area contributed by atoms with Crippen molar-refractivity contribution in [3.8, 4) is 0 Å². The van der Waals surface area contributed by atoms with Crippen LogP contribution in [0.3, 0.4) is 0 Å². The second kappa shape index (κ2) is 2.35. The Balaban J connectivity index is 2.88. The summed E-state index contributed by atoms with van der Waals surface area (Å²) in [6.45, 7) is 0. The summed E-state index contributed by atoms with van der Waals surface area (Å²) < 4.78 is 13.7. The van der Waals surface area contributed by atoms with Crippen molar-refractivity contribution in [2.24, 2.45) is 0 Å². The third kappa shape index (κ3) is 0.921. The molecule has 0 bridgehead atoms. The number of benzene rings is 1. The highest BCUT2D eigenvalue weighted by atomic mass is 32.1. The van der Waals surface area contributed by atoms with Crippen molar-refractivity contribution in [2.75, 3.05) is 11.5 Å². The topological polar surface area (TPSA) is 52.0 Å². The zero-order valence-electron chi connectivity index (χ0n) is 6.17. The SMILES string of the molecule is Nc1sc2ccc(F)cc2c1N. The summed E-state index contributed by atoms with van der Waals surface area (Å²) in [5.41, 5.74) is 11.7. The molecule has 2 aromatic rings.